The minimum Gasteiger partial charge on any atom is -0.486 e. The van der Waals surface area contributed by atoms with E-state index in [2.05, 4.69) is 0 Å². The van der Waals surface area contributed by atoms with Crippen LogP contribution in [0, 0.1) is 11.3 Å². The molecule has 0 saturated heterocycles. The molecular weight excluding hydrogens is 254 g/mol. The molecule has 0 aliphatic heterocycles. The molecule has 2 aromatic rings. The second-order valence-corrected chi connectivity index (χ2v) is 3.87. The summed E-state index contributed by atoms with van der Waals surface area (Å²) in [6.07, 6.45) is 0.627. The molecule has 0 bridgehead atoms. The standard InChI is InChI=1S/C13H8ClNO3/c14-13-5-10(2-1-9(13)6-15)17-8-12-4-3-11(7-16)18-12/h1-5,7H,8H2. The van der Waals surface area contributed by atoms with Crippen molar-refractivity contribution in [2.45, 2.75) is 6.61 Å². The maximum Gasteiger partial charge on any atom is 0.185 e. The van der Waals surface area contributed by atoms with Gasteiger partial charge in [-0.1, -0.05) is 11.6 Å². The predicted molar refractivity (Wildman–Crippen MR) is 64.6 cm³/mol. The Morgan fingerprint density at radius 3 is 2.83 bits per heavy atom. The number of hydrogen-bond donors (Lipinski definition) is 0. The minimum atomic E-state index is 0.191. The fourth-order valence-corrected chi connectivity index (χ4v) is 1.58. The van der Waals surface area contributed by atoms with Gasteiger partial charge in [-0.3, -0.25) is 4.79 Å². The van der Waals surface area contributed by atoms with Crippen LogP contribution in [0.3, 0.4) is 0 Å². The number of aldehydes is 1. The smallest absolute Gasteiger partial charge is 0.185 e. The topological polar surface area (TPSA) is 63.2 Å². The normalized spacial score (nSPS) is 9.78. The molecule has 0 unspecified atom stereocenters. The number of furan rings is 1. The Kier molecular flexibility index (Phi) is 3.66. The molecule has 0 N–H and O–H groups in total. The van der Waals surface area contributed by atoms with Crippen molar-refractivity contribution in [1.29, 1.82) is 5.26 Å². The Hall–Kier alpha value is -2.25. The molecule has 1 heterocycles. The number of carbonyl (C=O) groups is 1. The van der Waals surface area contributed by atoms with Crippen molar-refractivity contribution in [2.75, 3.05) is 0 Å². The van der Waals surface area contributed by atoms with Crippen molar-refractivity contribution >= 4 is 17.9 Å². The molecule has 0 radical (unpaired) electrons. The fourth-order valence-electron chi connectivity index (χ4n) is 1.37. The summed E-state index contributed by atoms with van der Waals surface area (Å²) in [5, 5.41) is 9.06. The number of ether oxygens (including phenoxy) is 1. The van der Waals surface area contributed by atoms with Gasteiger partial charge in [0.25, 0.3) is 0 Å². The van der Waals surface area contributed by atoms with E-state index < -0.39 is 0 Å². The van der Waals surface area contributed by atoms with Gasteiger partial charge in [0.2, 0.25) is 0 Å². The summed E-state index contributed by atoms with van der Waals surface area (Å²) in [6.45, 7) is 0.191. The first-order chi connectivity index (χ1) is 8.72. The van der Waals surface area contributed by atoms with Crippen LogP contribution in [0.5, 0.6) is 5.75 Å². The van der Waals surface area contributed by atoms with Gasteiger partial charge in [0.1, 0.15) is 24.2 Å². The first kappa shape index (κ1) is 12.2. The lowest BCUT2D eigenvalue weighted by Crippen LogP contribution is -1.94. The minimum absolute atomic E-state index is 0.191. The van der Waals surface area contributed by atoms with Gasteiger partial charge in [-0.05, 0) is 24.3 Å². The van der Waals surface area contributed by atoms with E-state index >= 15 is 0 Å². The van der Waals surface area contributed by atoms with Crippen molar-refractivity contribution in [3.8, 4) is 11.8 Å². The number of benzene rings is 1. The average molecular weight is 262 g/mol. The van der Waals surface area contributed by atoms with Crippen molar-refractivity contribution in [3.05, 3.63) is 52.4 Å². The maximum atomic E-state index is 10.4. The van der Waals surface area contributed by atoms with Crippen LogP contribution in [-0.4, -0.2) is 6.29 Å². The van der Waals surface area contributed by atoms with Gasteiger partial charge in [0.15, 0.2) is 12.0 Å². The summed E-state index contributed by atoms with van der Waals surface area (Å²) in [6, 6.07) is 9.98. The molecule has 4 nitrogen and oxygen atoms in total. The zero-order valence-electron chi connectivity index (χ0n) is 9.22. The zero-order valence-corrected chi connectivity index (χ0v) is 9.98. The Morgan fingerprint density at radius 1 is 1.39 bits per heavy atom. The molecule has 0 amide bonds. The lowest BCUT2D eigenvalue weighted by molar-refractivity contribution is 0.109. The van der Waals surface area contributed by atoms with Crippen molar-refractivity contribution in [1.82, 2.24) is 0 Å². The lowest BCUT2D eigenvalue weighted by Gasteiger charge is -2.04. The Labute approximate surface area is 108 Å². The van der Waals surface area contributed by atoms with Crippen molar-refractivity contribution in [2.24, 2.45) is 0 Å². The number of hydrogen-bond acceptors (Lipinski definition) is 4. The summed E-state index contributed by atoms with van der Waals surface area (Å²) in [7, 11) is 0. The summed E-state index contributed by atoms with van der Waals surface area (Å²) >= 11 is 5.87. The van der Waals surface area contributed by atoms with E-state index in [4.69, 9.17) is 26.0 Å². The van der Waals surface area contributed by atoms with E-state index in [0.717, 1.165) is 0 Å². The van der Waals surface area contributed by atoms with Crippen LogP contribution < -0.4 is 4.74 Å². The molecular formula is C13H8ClNO3. The van der Waals surface area contributed by atoms with Crippen LogP contribution in [0.4, 0.5) is 0 Å². The molecule has 5 heteroatoms. The largest absolute Gasteiger partial charge is 0.486 e. The van der Waals surface area contributed by atoms with Crippen LogP contribution in [0.2, 0.25) is 5.02 Å². The number of carbonyl (C=O) groups excluding carboxylic acids is 1. The van der Waals surface area contributed by atoms with Crippen LogP contribution in [0.15, 0.2) is 34.7 Å². The number of nitriles is 1. The van der Waals surface area contributed by atoms with Crippen LogP contribution in [-0.2, 0) is 6.61 Å². The molecule has 0 fully saturated rings. The van der Waals surface area contributed by atoms with Gasteiger partial charge in [-0.25, -0.2) is 0 Å². The average Bonchev–Trinajstić information content (AvgIpc) is 2.84. The molecule has 0 aliphatic carbocycles. The monoisotopic (exact) mass is 261 g/mol. The first-order valence-corrected chi connectivity index (χ1v) is 5.47. The van der Waals surface area contributed by atoms with E-state index in [9.17, 15) is 4.79 Å². The lowest BCUT2D eigenvalue weighted by atomic mass is 10.2. The Bertz CT molecular complexity index is 613. The number of nitrogens with zero attached hydrogens (tertiary/aromatic N) is 1. The SMILES string of the molecule is N#Cc1ccc(OCc2ccc(C=O)o2)cc1Cl. The van der Waals surface area contributed by atoms with Crippen molar-refractivity contribution < 1.29 is 13.9 Å². The summed E-state index contributed by atoms with van der Waals surface area (Å²) < 4.78 is 10.6. The van der Waals surface area contributed by atoms with Crippen LogP contribution >= 0.6 is 11.6 Å². The Balaban J connectivity index is 2.04. The van der Waals surface area contributed by atoms with Gasteiger partial charge in [-0.15, -0.1) is 0 Å². The quantitative estimate of drug-likeness (QED) is 0.793. The molecule has 1 aromatic heterocycles. The highest BCUT2D eigenvalue weighted by molar-refractivity contribution is 6.31. The van der Waals surface area contributed by atoms with E-state index in [1.165, 1.54) is 0 Å². The molecule has 90 valence electrons. The fraction of sp³-hybridized carbons (Fsp3) is 0.0769. The summed E-state index contributed by atoms with van der Waals surface area (Å²) in [5.41, 5.74) is 0.394. The third-order valence-corrected chi connectivity index (χ3v) is 2.55. The Morgan fingerprint density at radius 2 is 2.22 bits per heavy atom. The van der Waals surface area contributed by atoms with Gasteiger partial charge in [0.05, 0.1) is 10.6 Å². The predicted octanol–water partition coefficient (Wildman–Crippen LogP) is 3.20. The van der Waals surface area contributed by atoms with Gasteiger partial charge in [-0.2, -0.15) is 5.26 Å². The third-order valence-electron chi connectivity index (χ3n) is 2.24. The van der Waals surface area contributed by atoms with E-state index in [1.807, 2.05) is 6.07 Å². The van der Waals surface area contributed by atoms with Gasteiger partial charge >= 0.3 is 0 Å². The molecule has 1 aromatic carbocycles. The van der Waals surface area contributed by atoms with Crippen LogP contribution in [0.25, 0.3) is 0 Å². The summed E-state index contributed by atoms with van der Waals surface area (Å²) in [4.78, 5) is 10.4. The molecule has 0 aliphatic rings. The highest BCUT2D eigenvalue weighted by Gasteiger charge is 2.04. The van der Waals surface area contributed by atoms with Crippen LogP contribution in [0.1, 0.15) is 21.9 Å². The van der Waals surface area contributed by atoms with Crippen molar-refractivity contribution in [3.63, 3.8) is 0 Å². The zero-order chi connectivity index (χ0) is 13.0. The maximum absolute atomic E-state index is 10.4. The second-order valence-electron chi connectivity index (χ2n) is 3.46. The van der Waals surface area contributed by atoms with Gasteiger partial charge < -0.3 is 9.15 Å². The number of rotatable bonds is 4. The van der Waals surface area contributed by atoms with Gasteiger partial charge in [0, 0.05) is 6.07 Å². The summed E-state index contributed by atoms with van der Waals surface area (Å²) in [5.74, 6) is 1.33. The highest BCUT2D eigenvalue weighted by Crippen LogP contribution is 2.22. The second kappa shape index (κ2) is 5.39. The molecule has 0 atom stereocenters. The highest BCUT2D eigenvalue weighted by atomic mass is 35.5. The molecule has 0 saturated carbocycles. The third kappa shape index (κ3) is 2.70. The number of halogens is 1. The van der Waals surface area contributed by atoms with E-state index in [0.29, 0.717) is 28.4 Å². The molecule has 2 rings (SSSR count). The van der Waals surface area contributed by atoms with E-state index in [1.54, 1.807) is 30.3 Å². The molecule has 18 heavy (non-hydrogen) atoms. The first-order valence-electron chi connectivity index (χ1n) is 5.09. The van der Waals surface area contributed by atoms with E-state index in [-0.39, 0.29) is 12.4 Å². The molecule has 0 spiro atoms.